The summed E-state index contributed by atoms with van der Waals surface area (Å²) in [4.78, 5) is 0. The molecule has 5 nitrogen and oxygen atoms in total. The van der Waals surface area contributed by atoms with Crippen LogP contribution in [0.1, 0.15) is 34.6 Å². The molecule has 0 saturated carbocycles. The molecule has 0 aliphatic carbocycles. The largest absolute Gasteiger partial charge is 0.361 e. The van der Waals surface area contributed by atoms with Crippen LogP contribution < -0.4 is 0 Å². The van der Waals surface area contributed by atoms with Gasteiger partial charge in [-0.2, -0.15) is 0 Å². The molecule has 0 bridgehead atoms. The van der Waals surface area contributed by atoms with E-state index in [0.717, 1.165) is 0 Å². The molecule has 0 unspecified atom stereocenters. The first-order valence-electron chi connectivity index (χ1n) is 6.56. The van der Waals surface area contributed by atoms with Crippen molar-refractivity contribution in [1.82, 2.24) is 0 Å². The van der Waals surface area contributed by atoms with E-state index in [1.807, 2.05) is 34.6 Å². The van der Waals surface area contributed by atoms with E-state index >= 15 is 0 Å². The van der Waals surface area contributed by atoms with Crippen molar-refractivity contribution in [2.24, 2.45) is 0 Å². The highest BCUT2D eigenvalue weighted by molar-refractivity contribution is 5.04. The Labute approximate surface area is 108 Å². The van der Waals surface area contributed by atoms with Gasteiger partial charge in [-0.05, 0) is 34.6 Å². The monoisotopic (exact) mass is 258 g/mol. The predicted octanol–water partition coefficient (Wildman–Crippen LogP) is 1.45. The lowest BCUT2D eigenvalue weighted by Crippen LogP contribution is -2.37. The molecule has 3 rings (SSSR count). The van der Waals surface area contributed by atoms with Crippen molar-refractivity contribution >= 4 is 0 Å². The van der Waals surface area contributed by atoms with Crippen LogP contribution in [0.5, 0.6) is 0 Å². The molecular weight excluding hydrogens is 236 g/mol. The molecule has 18 heavy (non-hydrogen) atoms. The van der Waals surface area contributed by atoms with Crippen molar-refractivity contribution in [3.63, 3.8) is 0 Å². The average Bonchev–Trinajstić information content (AvgIpc) is 2.80. The van der Waals surface area contributed by atoms with Crippen LogP contribution in [0.3, 0.4) is 0 Å². The molecule has 0 N–H and O–H groups in total. The molecule has 0 aromatic heterocycles. The van der Waals surface area contributed by atoms with Crippen LogP contribution in [0.15, 0.2) is 0 Å². The summed E-state index contributed by atoms with van der Waals surface area (Å²) in [6.45, 7) is 10.4. The first-order chi connectivity index (χ1) is 8.25. The Balaban J connectivity index is 1.61. The van der Waals surface area contributed by atoms with E-state index in [0.29, 0.717) is 6.61 Å². The average molecular weight is 258 g/mol. The van der Waals surface area contributed by atoms with Gasteiger partial charge in [-0.3, -0.25) is 0 Å². The Bertz CT molecular complexity index is 335. The maximum absolute atomic E-state index is 5.92. The summed E-state index contributed by atoms with van der Waals surface area (Å²) in [6.07, 6.45) is -0.276. The van der Waals surface area contributed by atoms with Crippen LogP contribution in [-0.4, -0.2) is 48.7 Å². The number of ether oxygens (including phenoxy) is 5. The Kier molecular flexibility index (Phi) is 2.78. The van der Waals surface area contributed by atoms with Gasteiger partial charge in [0.25, 0.3) is 0 Å². The molecule has 104 valence electrons. The summed E-state index contributed by atoms with van der Waals surface area (Å²) in [6, 6.07) is 0. The van der Waals surface area contributed by atoms with E-state index in [-0.39, 0.29) is 36.3 Å². The highest BCUT2D eigenvalue weighted by Crippen LogP contribution is 2.44. The first-order valence-corrected chi connectivity index (χ1v) is 6.56. The normalized spacial score (nSPS) is 46.2. The summed E-state index contributed by atoms with van der Waals surface area (Å²) < 4.78 is 28.8. The standard InChI is InChI=1S/C13H22O5/c1-12(2,3)18-11-10-9(15-10)8(16-11)7-6-14-13(4,5)17-7/h7-11H,6H2,1-5H3/t7-,8+,9-,10-,11-/m1/s1. The molecule has 3 aliphatic rings. The molecule has 3 saturated heterocycles. The lowest BCUT2D eigenvalue weighted by molar-refractivity contribution is -0.235. The minimum Gasteiger partial charge on any atom is -0.361 e. The van der Waals surface area contributed by atoms with Crippen molar-refractivity contribution in [3.8, 4) is 0 Å². The Morgan fingerprint density at radius 2 is 1.78 bits per heavy atom. The molecular formula is C13H22O5. The summed E-state index contributed by atoms with van der Waals surface area (Å²) in [5.41, 5.74) is -0.234. The van der Waals surface area contributed by atoms with Crippen LogP contribution in [0, 0.1) is 0 Å². The van der Waals surface area contributed by atoms with Crippen LogP contribution in [-0.2, 0) is 23.7 Å². The van der Waals surface area contributed by atoms with E-state index < -0.39 is 5.79 Å². The van der Waals surface area contributed by atoms with Crippen molar-refractivity contribution in [2.45, 2.75) is 76.7 Å². The highest BCUT2D eigenvalue weighted by atomic mass is 16.8. The SMILES string of the molecule is CC(C)(C)O[C@H]1O[C@@H]([C@H]2COC(C)(C)O2)[C@H]2O[C@@H]12. The minimum absolute atomic E-state index is 0.0570. The van der Waals surface area contributed by atoms with Gasteiger partial charge in [0.05, 0.1) is 12.2 Å². The smallest absolute Gasteiger partial charge is 0.187 e. The van der Waals surface area contributed by atoms with Gasteiger partial charge in [-0.15, -0.1) is 0 Å². The Morgan fingerprint density at radius 3 is 2.33 bits per heavy atom. The number of hydrogen-bond acceptors (Lipinski definition) is 5. The maximum Gasteiger partial charge on any atom is 0.187 e. The maximum atomic E-state index is 5.92. The van der Waals surface area contributed by atoms with Crippen LogP contribution >= 0.6 is 0 Å². The molecule has 3 heterocycles. The number of fused-ring (bicyclic) bond motifs is 1. The fraction of sp³-hybridized carbons (Fsp3) is 1.00. The number of hydrogen-bond donors (Lipinski definition) is 0. The van der Waals surface area contributed by atoms with E-state index in [1.54, 1.807) is 0 Å². The van der Waals surface area contributed by atoms with Gasteiger partial charge in [0.2, 0.25) is 0 Å². The fourth-order valence-corrected chi connectivity index (χ4v) is 2.55. The van der Waals surface area contributed by atoms with E-state index in [4.69, 9.17) is 23.7 Å². The molecule has 3 aliphatic heterocycles. The zero-order valence-electron chi connectivity index (χ0n) is 11.6. The second-order valence-corrected chi connectivity index (χ2v) is 6.63. The Hall–Kier alpha value is -0.200. The molecule has 3 fully saturated rings. The lowest BCUT2D eigenvalue weighted by atomic mass is 10.1. The highest BCUT2D eigenvalue weighted by Gasteiger charge is 2.63. The predicted molar refractivity (Wildman–Crippen MR) is 63.1 cm³/mol. The third-order valence-electron chi connectivity index (χ3n) is 3.31. The van der Waals surface area contributed by atoms with Gasteiger partial charge in [0, 0.05) is 0 Å². The third-order valence-corrected chi connectivity index (χ3v) is 3.31. The zero-order chi connectivity index (χ0) is 13.1. The van der Waals surface area contributed by atoms with Crippen LogP contribution in [0.4, 0.5) is 0 Å². The van der Waals surface area contributed by atoms with Crippen molar-refractivity contribution < 1.29 is 23.7 Å². The number of rotatable bonds is 2. The fourth-order valence-electron chi connectivity index (χ4n) is 2.55. The molecule has 0 aromatic rings. The molecule has 0 aromatic carbocycles. The van der Waals surface area contributed by atoms with Crippen molar-refractivity contribution in [1.29, 1.82) is 0 Å². The summed E-state index contributed by atoms with van der Waals surface area (Å²) in [5.74, 6) is -0.526. The third kappa shape index (κ3) is 2.42. The van der Waals surface area contributed by atoms with Gasteiger partial charge in [-0.25, -0.2) is 0 Å². The molecule has 0 spiro atoms. The van der Waals surface area contributed by atoms with Gasteiger partial charge >= 0.3 is 0 Å². The van der Waals surface area contributed by atoms with Gasteiger partial charge in [-0.1, -0.05) is 0 Å². The van der Waals surface area contributed by atoms with E-state index in [2.05, 4.69) is 0 Å². The molecule has 0 radical (unpaired) electrons. The molecule has 5 heteroatoms. The summed E-state index contributed by atoms with van der Waals surface area (Å²) in [7, 11) is 0. The zero-order valence-corrected chi connectivity index (χ0v) is 11.6. The van der Waals surface area contributed by atoms with E-state index in [9.17, 15) is 0 Å². The van der Waals surface area contributed by atoms with Gasteiger partial charge in [0.1, 0.15) is 24.4 Å². The van der Waals surface area contributed by atoms with Crippen molar-refractivity contribution in [2.75, 3.05) is 6.61 Å². The minimum atomic E-state index is -0.526. The first kappa shape index (κ1) is 12.8. The quantitative estimate of drug-likeness (QED) is 0.702. The summed E-state index contributed by atoms with van der Waals surface area (Å²) in [5, 5.41) is 0. The summed E-state index contributed by atoms with van der Waals surface area (Å²) >= 11 is 0. The van der Waals surface area contributed by atoms with E-state index in [1.165, 1.54) is 0 Å². The van der Waals surface area contributed by atoms with Crippen LogP contribution in [0.25, 0.3) is 0 Å². The topological polar surface area (TPSA) is 49.5 Å². The lowest BCUT2D eigenvalue weighted by Gasteiger charge is -2.27. The second-order valence-electron chi connectivity index (χ2n) is 6.63. The van der Waals surface area contributed by atoms with Crippen molar-refractivity contribution in [3.05, 3.63) is 0 Å². The molecule has 0 amide bonds. The Morgan fingerprint density at radius 1 is 1.06 bits per heavy atom. The number of epoxide rings is 1. The second kappa shape index (κ2) is 3.90. The van der Waals surface area contributed by atoms with Gasteiger partial charge < -0.3 is 23.7 Å². The molecule has 5 atom stereocenters. The van der Waals surface area contributed by atoms with Gasteiger partial charge in [0.15, 0.2) is 12.1 Å². The van der Waals surface area contributed by atoms with Crippen LogP contribution in [0.2, 0.25) is 0 Å².